The first-order valence-electron chi connectivity index (χ1n) is 5.10. The molecule has 1 aromatic heterocycles. The molecule has 0 aliphatic carbocycles. The Labute approximate surface area is 110 Å². The van der Waals surface area contributed by atoms with Crippen molar-refractivity contribution in [3.63, 3.8) is 0 Å². The second-order valence-electron chi connectivity index (χ2n) is 3.67. The second-order valence-corrected chi connectivity index (χ2v) is 4.51. The number of halogens is 2. The Morgan fingerprint density at radius 2 is 2.12 bits per heavy atom. The van der Waals surface area contributed by atoms with Gasteiger partial charge in [-0.2, -0.15) is 0 Å². The van der Waals surface area contributed by atoms with Gasteiger partial charge in [0.1, 0.15) is 0 Å². The van der Waals surface area contributed by atoms with Crippen LogP contribution in [0.3, 0.4) is 0 Å². The zero-order chi connectivity index (χ0) is 12.4. The first kappa shape index (κ1) is 12.4. The molecule has 2 aromatic rings. The highest BCUT2D eigenvalue weighted by molar-refractivity contribution is 6.35. The predicted molar refractivity (Wildman–Crippen MR) is 68.4 cm³/mol. The topological polar surface area (TPSA) is 42.7 Å². The third-order valence-corrected chi connectivity index (χ3v) is 3.17. The third-order valence-electron chi connectivity index (χ3n) is 2.61. The summed E-state index contributed by atoms with van der Waals surface area (Å²) in [5.74, 6) is 0. The van der Waals surface area contributed by atoms with Crippen molar-refractivity contribution in [3.8, 4) is 0 Å². The number of hydrogen-bond donors (Lipinski definition) is 1. The van der Waals surface area contributed by atoms with Gasteiger partial charge in [-0.1, -0.05) is 34.5 Å². The SMILES string of the molecule is CNC(c1ccc(Cl)cc1Cl)c1cnnn1C. The van der Waals surface area contributed by atoms with Crippen molar-refractivity contribution in [1.29, 1.82) is 0 Å². The summed E-state index contributed by atoms with van der Waals surface area (Å²) in [4.78, 5) is 0. The molecule has 0 saturated carbocycles. The number of benzene rings is 1. The van der Waals surface area contributed by atoms with E-state index >= 15 is 0 Å². The molecular weight excluding hydrogens is 259 g/mol. The van der Waals surface area contributed by atoms with Gasteiger partial charge in [0.05, 0.1) is 17.9 Å². The second kappa shape index (κ2) is 5.04. The maximum absolute atomic E-state index is 6.20. The van der Waals surface area contributed by atoms with Gasteiger partial charge in [0, 0.05) is 17.1 Å². The highest BCUT2D eigenvalue weighted by Crippen LogP contribution is 2.29. The number of rotatable bonds is 3. The molecule has 4 nitrogen and oxygen atoms in total. The number of nitrogens with zero attached hydrogens (tertiary/aromatic N) is 3. The van der Waals surface area contributed by atoms with Crippen molar-refractivity contribution in [1.82, 2.24) is 20.3 Å². The molecule has 17 heavy (non-hydrogen) atoms. The van der Waals surface area contributed by atoms with Gasteiger partial charge in [-0.3, -0.25) is 4.68 Å². The average molecular weight is 271 g/mol. The smallest absolute Gasteiger partial charge is 0.0799 e. The van der Waals surface area contributed by atoms with E-state index in [0.717, 1.165) is 11.3 Å². The van der Waals surface area contributed by atoms with Crippen molar-refractivity contribution < 1.29 is 0 Å². The summed E-state index contributed by atoms with van der Waals surface area (Å²) in [6, 6.07) is 5.39. The van der Waals surface area contributed by atoms with Crippen molar-refractivity contribution in [2.45, 2.75) is 6.04 Å². The minimum absolute atomic E-state index is 0.0558. The van der Waals surface area contributed by atoms with Crippen LogP contribution in [0, 0.1) is 0 Å². The van der Waals surface area contributed by atoms with E-state index in [-0.39, 0.29) is 6.04 Å². The molecule has 1 aromatic carbocycles. The highest BCUT2D eigenvalue weighted by Gasteiger charge is 2.18. The molecule has 1 heterocycles. The molecule has 90 valence electrons. The van der Waals surface area contributed by atoms with E-state index in [1.165, 1.54) is 0 Å². The first-order chi connectivity index (χ1) is 8.13. The van der Waals surface area contributed by atoms with E-state index in [1.54, 1.807) is 16.9 Å². The lowest BCUT2D eigenvalue weighted by Crippen LogP contribution is -2.20. The molecular formula is C11H12Cl2N4. The van der Waals surface area contributed by atoms with E-state index < -0.39 is 0 Å². The van der Waals surface area contributed by atoms with Crippen LogP contribution in [0.15, 0.2) is 24.4 Å². The lowest BCUT2D eigenvalue weighted by molar-refractivity contribution is 0.598. The fraction of sp³-hybridized carbons (Fsp3) is 0.273. The van der Waals surface area contributed by atoms with Gasteiger partial charge < -0.3 is 5.32 Å². The molecule has 2 rings (SSSR count). The summed E-state index contributed by atoms with van der Waals surface area (Å²) in [7, 11) is 3.71. The standard InChI is InChI=1S/C11H12Cl2N4/c1-14-11(10-6-15-16-17(10)2)8-4-3-7(12)5-9(8)13/h3-6,11,14H,1-2H3. The fourth-order valence-corrected chi connectivity index (χ4v) is 2.27. The van der Waals surface area contributed by atoms with Crippen LogP contribution in [0.1, 0.15) is 17.3 Å². The summed E-state index contributed by atoms with van der Waals surface area (Å²) in [5, 5.41) is 12.2. The highest BCUT2D eigenvalue weighted by atomic mass is 35.5. The molecule has 0 saturated heterocycles. The van der Waals surface area contributed by atoms with E-state index in [1.807, 2.05) is 26.2 Å². The van der Waals surface area contributed by atoms with Crippen LogP contribution in [-0.2, 0) is 7.05 Å². The largest absolute Gasteiger partial charge is 0.308 e. The molecule has 0 spiro atoms. The van der Waals surface area contributed by atoms with E-state index in [0.29, 0.717) is 10.0 Å². The van der Waals surface area contributed by atoms with Gasteiger partial charge in [0.2, 0.25) is 0 Å². The zero-order valence-electron chi connectivity index (χ0n) is 9.48. The van der Waals surface area contributed by atoms with Crippen molar-refractivity contribution in [2.24, 2.45) is 7.05 Å². The Bertz CT molecular complexity index is 524. The fourth-order valence-electron chi connectivity index (χ4n) is 1.76. The molecule has 1 unspecified atom stereocenters. The lowest BCUT2D eigenvalue weighted by Gasteiger charge is -2.17. The van der Waals surface area contributed by atoms with E-state index in [9.17, 15) is 0 Å². The zero-order valence-corrected chi connectivity index (χ0v) is 11.0. The molecule has 0 aliphatic heterocycles. The lowest BCUT2D eigenvalue weighted by atomic mass is 10.0. The molecule has 0 aliphatic rings. The Morgan fingerprint density at radius 1 is 1.35 bits per heavy atom. The van der Waals surface area contributed by atoms with Crippen molar-refractivity contribution in [2.75, 3.05) is 7.05 Å². The number of aromatic nitrogens is 3. The Kier molecular flexibility index (Phi) is 3.66. The van der Waals surface area contributed by atoms with Crippen LogP contribution >= 0.6 is 23.2 Å². The van der Waals surface area contributed by atoms with Crippen LogP contribution in [0.5, 0.6) is 0 Å². The minimum atomic E-state index is -0.0558. The molecule has 1 N–H and O–H groups in total. The summed E-state index contributed by atoms with van der Waals surface area (Å²) in [6.07, 6.45) is 1.71. The summed E-state index contributed by atoms with van der Waals surface area (Å²) < 4.78 is 1.71. The van der Waals surface area contributed by atoms with Gasteiger partial charge in [0.15, 0.2) is 0 Å². The maximum atomic E-state index is 6.20. The van der Waals surface area contributed by atoms with Gasteiger partial charge in [-0.25, -0.2) is 0 Å². The normalized spacial score (nSPS) is 12.7. The van der Waals surface area contributed by atoms with Crippen LogP contribution in [0.2, 0.25) is 10.0 Å². The average Bonchev–Trinajstić information content (AvgIpc) is 2.69. The Balaban J connectivity index is 2.46. The molecule has 0 fully saturated rings. The number of hydrogen-bond acceptors (Lipinski definition) is 3. The summed E-state index contributed by atoms with van der Waals surface area (Å²) >= 11 is 12.1. The monoisotopic (exact) mass is 270 g/mol. The van der Waals surface area contributed by atoms with Gasteiger partial charge in [-0.05, 0) is 24.7 Å². The van der Waals surface area contributed by atoms with Crippen molar-refractivity contribution >= 4 is 23.2 Å². The van der Waals surface area contributed by atoms with Gasteiger partial charge in [-0.15, -0.1) is 5.10 Å². The Hall–Kier alpha value is -1.10. The number of nitrogens with one attached hydrogen (secondary N) is 1. The third kappa shape index (κ3) is 2.44. The quantitative estimate of drug-likeness (QED) is 0.932. The predicted octanol–water partition coefficient (Wildman–Crippen LogP) is 2.43. The van der Waals surface area contributed by atoms with E-state index in [2.05, 4.69) is 15.6 Å². The van der Waals surface area contributed by atoms with Crippen LogP contribution in [-0.4, -0.2) is 22.0 Å². The maximum Gasteiger partial charge on any atom is 0.0799 e. The summed E-state index contributed by atoms with van der Waals surface area (Å²) in [6.45, 7) is 0. The van der Waals surface area contributed by atoms with Crippen LogP contribution in [0.4, 0.5) is 0 Å². The van der Waals surface area contributed by atoms with Gasteiger partial charge >= 0.3 is 0 Å². The molecule has 1 atom stereocenters. The Morgan fingerprint density at radius 3 is 2.65 bits per heavy atom. The number of aryl methyl sites for hydroxylation is 1. The van der Waals surface area contributed by atoms with Crippen molar-refractivity contribution in [3.05, 3.63) is 45.7 Å². The molecule has 0 bridgehead atoms. The molecule has 6 heteroatoms. The minimum Gasteiger partial charge on any atom is -0.308 e. The van der Waals surface area contributed by atoms with E-state index in [4.69, 9.17) is 23.2 Å². The van der Waals surface area contributed by atoms with Crippen LogP contribution < -0.4 is 5.32 Å². The van der Waals surface area contributed by atoms with Crippen LogP contribution in [0.25, 0.3) is 0 Å². The first-order valence-corrected chi connectivity index (χ1v) is 5.86. The molecule has 0 amide bonds. The van der Waals surface area contributed by atoms with Gasteiger partial charge in [0.25, 0.3) is 0 Å². The summed E-state index contributed by atoms with van der Waals surface area (Å²) in [5.41, 5.74) is 1.89. The molecule has 0 radical (unpaired) electrons.